The normalized spacial score (nSPS) is 30.6. The molecular formula is C13H23N. The second-order valence-electron chi connectivity index (χ2n) is 5.29. The maximum atomic E-state index is 5.81. The van der Waals surface area contributed by atoms with Gasteiger partial charge in [0, 0.05) is 6.42 Å². The first-order valence-electron chi connectivity index (χ1n) is 5.69. The molecule has 0 aromatic carbocycles. The number of hydrogen-bond donors (Lipinski definition) is 1. The van der Waals surface area contributed by atoms with Crippen LogP contribution in [0.1, 0.15) is 46.5 Å². The lowest BCUT2D eigenvalue weighted by Gasteiger charge is -2.39. The third-order valence-electron chi connectivity index (χ3n) is 3.52. The summed E-state index contributed by atoms with van der Waals surface area (Å²) < 4.78 is 0. The molecular weight excluding hydrogens is 170 g/mol. The van der Waals surface area contributed by atoms with Gasteiger partial charge in [0.25, 0.3) is 0 Å². The molecule has 2 atom stereocenters. The fourth-order valence-corrected chi connectivity index (χ4v) is 2.57. The molecule has 1 aliphatic carbocycles. The Morgan fingerprint density at radius 1 is 1.36 bits per heavy atom. The van der Waals surface area contributed by atoms with E-state index in [1.54, 1.807) is 0 Å². The van der Waals surface area contributed by atoms with Crippen LogP contribution in [-0.2, 0) is 0 Å². The van der Waals surface area contributed by atoms with E-state index in [-0.39, 0.29) is 0 Å². The lowest BCUT2D eigenvalue weighted by atomic mass is 9.66. The molecule has 1 rings (SSSR count). The molecule has 0 heterocycles. The van der Waals surface area contributed by atoms with Gasteiger partial charge in [-0.3, -0.25) is 0 Å². The van der Waals surface area contributed by atoms with Crippen molar-refractivity contribution in [2.24, 2.45) is 23.0 Å². The summed E-state index contributed by atoms with van der Waals surface area (Å²) >= 11 is 0. The summed E-state index contributed by atoms with van der Waals surface area (Å²) in [6.45, 7) is 7.50. The Labute approximate surface area is 88.5 Å². The minimum Gasteiger partial charge on any atom is -0.330 e. The Bertz CT molecular complexity index is 231. The summed E-state index contributed by atoms with van der Waals surface area (Å²) in [5, 5.41) is 0. The molecule has 1 aliphatic rings. The van der Waals surface area contributed by atoms with Crippen molar-refractivity contribution in [3.05, 3.63) is 0 Å². The van der Waals surface area contributed by atoms with Crippen LogP contribution < -0.4 is 5.73 Å². The molecule has 0 radical (unpaired) electrons. The Kier molecular flexibility index (Phi) is 4.01. The van der Waals surface area contributed by atoms with E-state index in [9.17, 15) is 0 Å². The van der Waals surface area contributed by atoms with Crippen LogP contribution in [0.3, 0.4) is 0 Å². The smallest absolute Gasteiger partial charge is 0.0120 e. The van der Waals surface area contributed by atoms with Crippen molar-refractivity contribution >= 4 is 0 Å². The summed E-state index contributed by atoms with van der Waals surface area (Å²) in [6, 6.07) is 0. The SMILES string of the molecule is CC#CCC1CC(C)(C)CCC1CN. The van der Waals surface area contributed by atoms with Crippen molar-refractivity contribution in [1.82, 2.24) is 0 Å². The minimum absolute atomic E-state index is 0.506. The van der Waals surface area contributed by atoms with E-state index < -0.39 is 0 Å². The van der Waals surface area contributed by atoms with Crippen molar-refractivity contribution in [3.63, 3.8) is 0 Å². The third kappa shape index (κ3) is 3.03. The lowest BCUT2D eigenvalue weighted by Crippen LogP contribution is -2.33. The van der Waals surface area contributed by atoms with Gasteiger partial charge in [0.15, 0.2) is 0 Å². The standard InChI is InChI=1S/C13H23N/c1-4-5-6-11-9-13(2,3)8-7-12(11)10-14/h11-12H,6-10,14H2,1-3H3. The molecule has 2 N–H and O–H groups in total. The topological polar surface area (TPSA) is 26.0 Å². The highest BCUT2D eigenvalue weighted by Crippen LogP contribution is 2.42. The lowest BCUT2D eigenvalue weighted by molar-refractivity contribution is 0.124. The largest absolute Gasteiger partial charge is 0.330 e. The van der Waals surface area contributed by atoms with Crippen LogP contribution in [0.2, 0.25) is 0 Å². The van der Waals surface area contributed by atoms with E-state index in [2.05, 4.69) is 25.7 Å². The molecule has 0 aliphatic heterocycles. The molecule has 1 saturated carbocycles. The number of rotatable bonds is 2. The van der Waals surface area contributed by atoms with Gasteiger partial charge in [0.1, 0.15) is 0 Å². The average Bonchev–Trinajstić information content (AvgIpc) is 2.14. The van der Waals surface area contributed by atoms with Crippen molar-refractivity contribution in [2.45, 2.75) is 46.5 Å². The zero-order valence-corrected chi connectivity index (χ0v) is 9.77. The molecule has 1 nitrogen and oxygen atoms in total. The molecule has 80 valence electrons. The van der Waals surface area contributed by atoms with Crippen molar-refractivity contribution in [2.75, 3.05) is 6.54 Å². The molecule has 0 aromatic rings. The average molecular weight is 193 g/mol. The predicted octanol–water partition coefficient (Wildman–Crippen LogP) is 2.80. The van der Waals surface area contributed by atoms with Gasteiger partial charge in [-0.15, -0.1) is 11.8 Å². The third-order valence-corrected chi connectivity index (χ3v) is 3.52. The molecule has 0 amide bonds. The Hall–Kier alpha value is -0.480. The molecule has 0 bridgehead atoms. The van der Waals surface area contributed by atoms with Gasteiger partial charge in [-0.05, 0) is 50.0 Å². The van der Waals surface area contributed by atoms with Crippen LogP contribution in [0.5, 0.6) is 0 Å². The highest BCUT2D eigenvalue weighted by molar-refractivity contribution is 4.99. The van der Waals surface area contributed by atoms with Crippen LogP contribution in [0.15, 0.2) is 0 Å². The second-order valence-corrected chi connectivity index (χ2v) is 5.29. The summed E-state index contributed by atoms with van der Waals surface area (Å²) in [4.78, 5) is 0. The van der Waals surface area contributed by atoms with Gasteiger partial charge in [-0.25, -0.2) is 0 Å². The van der Waals surface area contributed by atoms with Gasteiger partial charge in [0.2, 0.25) is 0 Å². The van der Waals surface area contributed by atoms with Crippen LogP contribution in [0, 0.1) is 29.1 Å². The fraction of sp³-hybridized carbons (Fsp3) is 0.846. The van der Waals surface area contributed by atoms with Crippen LogP contribution >= 0.6 is 0 Å². The Balaban J connectivity index is 2.59. The molecule has 1 heteroatoms. The molecule has 0 saturated heterocycles. The Morgan fingerprint density at radius 2 is 2.07 bits per heavy atom. The first-order valence-corrected chi connectivity index (χ1v) is 5.69. The first kappa shape index (κ1) is 11.6. The van der Waals surface area contributed by atoms with E-state index >= 15 is 0 Å². The number of nitrogens with two attached hydrogens (primary N) is 1. The van der Waals surface area contributed by atoms with E-state index in [0.717, 1.165) is 18.9 Å². The highest BCUT2D eigenvalue weighted by Gasteiger charge is 2.33. The summed E-state index contributed by atoms with van der Waals surface area (Å²) in [6.07, 6.45) is 4.95. The first-order chi connectivity index (χ1) is 6.59. The summed E-state index contributed by atoms with van der Waals surface area (Å²) in [5.41, 5.74) is 6.31. The van der Waals surface area contributed by atoms with Gasteiger partial charge in [-0.2, -0.15) is 0 Å². The monoisotopic (exact) mass is 193 g/mol. The van der Waals surface area contributed by atoms with Crippen LogP contribution in [0.4, 0.5) is 0 Å². The second kappa shape index (κ2) is 4.84. The van der Waals surface area contributed by atoms with Gasteiger partial charge < -0.3 is 5.73 Å². The molecule has 14 heavy (non-hydrogen) atoms. The van der Waals surface area contributed by atoms with Gasteiger partial charge in [-0.1, -0.05) is 13.8 Å². The van der Waals surface area contributed by atoms with Crippen molar-refractivity contribution < 1.29 is 0 Å². The predicted molar refractivity (Wildman–Crippen MR) is 61.7 cm³/mol. The molecule has 1 fully saturated rings. The van der Waals surface area contributed by atoms with Crippen molar-refractivity contribution in [1.29, 1.82) is 0 Å². The van der Waals surface area contributed by atoms with Gasteiger partial charge in [0.05, 0.1) is 0 Å². The molecule has 0 spiro atoms. The van der Waals surface area contributed by atoms with E-state index in [4.69, 9.17) is 5.73 Å². The quantitative estimate of drug-likeness (QED) is 0.670. The van der Waals surface area contributed by atoms with E-state index in [1.165, 1.54) is 19.3 Å². The van der Waals surface area contributed by atoms with Crippen LogP contribution in [-0.4, -0.2) is 6.54 Å². The highest BCUT2D eigenvalue weighted by atomic mass is 14.6. The van der Waals surface area contributed by atoms with Crippen molar-refractivity contribution in [3.8, 4) is 11.8 Å². The Morgan fingerprint density at radius 3 is 2.64 bits per heavy atom. The van der Waals surface area contributed by atoms with E-state index in [1.807, 2.05) is 6.92 Å². The maximum absolute atomic E-state index is 5.81. The summed E-state index contributed by atoms with van der Waals surface area (Å²) in [7, 11) is 0. The van der Waals surface area contributed by atoms with Crippen LogP contribution in [0.25, 0.3) is 0 Å². The van der Waals surface area contributed by atoms with Gasteiger partial charge >= 0.3 is 0 Å². The number of hydrogen-bond acceptors (Lipinski definition) is 1. The zero-order chi connectivity index (χ0) is 10.6. The molecule has 2 unspecified atom stereocenters. The zero-order valence-electron chi connectivity index (χ0n) is 9.77. The van der Waals surface area contributed by atoms with E-state index in [0.29, 0.717) is 11.3 Å². The fourth-order valence-electron chi connectivity index (χ4n) is 2.57. The maximum Gasteiger partial charge on any atom is 0.0120 e. The minimum atomic E-state index is 0.506. The molecule has 0 aromatic heterocycles. The summed E-state index contributed by atoms with van der Waals surface area (Å²) in [5.74, 6) is 7.66.